The third-order valence-electron chi connectivity index (χ3n) is 3.37. The Morgan fingerprint density at radius 1 is 1.00 bits per heavy atom. The first-order valence-corrected chi connectivity index (χ1v) is 8.21. The first-order valence-electron chi connectivity index (χ1n) is 7.04. The van der Waals surface area contributed by atoms with E-state index >= 15 is 0 Å². The van der Waals surface area contributed by atoms with Crippen molar-refractivity contribution in [3.05, 3.63) is 51.0 Å². The van der Waals surface area contributed by atoms with Gasteiger partial charge in [-0.3, -0.25) is 9.59 Å². The molecule has 0 radical (unpaired) electrons. The first-order chi connectivity index (χ1) is 11.3. The van der Waals surface area contributed by atoms with E-state index in [9.17, 15) is 9.59 Å². The fraction of sp³-hybridized carbons (Fsp3) is 0.176. The lowest BCUT2D eigenvalue weighted by atomic mass is 10.2. The number of carbonyl (C=O) groups excluding carboxylic acids is 2. The lowest BCUT2D eigenvalue weighted by molar-refractivity contribution is -0.133. The monoisotopic (exact) mass is 410 g/mol. The minimum absolute atomic E-state index is 0.381. The zero-order chi connectivity index (χ0) is 17.9. The Morgan fingerprint density at radius 2 is 1.62 bits per heavy atom. The van der Waals surface area contributed by atoms with Crippen LogP contribution in [0.1, 0.15) is 11.1 Å². The molecule has 0 bridgehead atoms. The molecule has 2 aromatic carbocycles. The van der Waals surface area contributed by atoms with E-state index in [4.69, 9.17) is 16.3 Å². The van der Waals surface area contributed by atoms with E-state index in [0.717, 1.165) is 15.6 Å². The average molecular weight is 412 g/mol. The van der Waals surface area contributed by atoms with Gasteiger partial charge in [-0.05, 0) is 49.2 Å². The third-order valence-corrected chi connectivity index (χ3v) is 4.27. The fourth-order valence-electron chi connectivity index (χ4n) is 2.06. The van der Waals surface area contributed by atoms with E-state index in [1.807, 2.05) is 13.0 Å². The van der Waals surface area contributed by atoms with Gasteiger partial charge in [0.2, 0.25) is 0 Å². The lowest BCUT2D eigenvalue weighted by Gasteiger charge is -2.13. The van der Waals surface area contributed by atoms with Crippen LogP contribution in [0.2, 0.25) is 5.02 Å². The molecule has 0 spiro atoms. The second kappa shape index (κ2) is 7.68. The summed E-state index contributed by atoms with van der Waals surface area (Å²) in [5.74, 6) is -1.18. The molecule has 0 unspecified atom stereocenters. The standard InChI is InChI=1S/C17H16BrClN2O3/c1-9-7-14(15(24-3)8-12(9)19)21-17(23)16(22)20-13-5-4-11(18)6-10(13)2/h4-8H,1-3H3,(H,20,22)(H,21,23). The number of methoxy groups -OCH3 is 1. The van der Waals surface area contributed by atoms with Gasteiger partial charge in [0, 0.05) is 21.2 Å². The summed E-state index contributed by atoms with van der Waals surface area (Å²) < 4.78 is 6.07. The molecular formula is C17H16BrClN2O3. The molecule has 2 amide bonds. The summed E-state index contributed by atoms with van der Waals surface area (Å²) in [5, 5.41) is 5.63. The number of ether oxygens (including phenoxy) is 1. The smallest absolute Gasteiger partial charge is 0.314 e. The van der Waals surface area contributed by atoms with Crippen LogP contribution in [-0.2, 0) is 9.59 Å². The topological polar surface area (TPSA) is 67.4 Å². The summed E-state index contributed by atoms with van der Waals surface area (Å²) in [7, 11) is 1.46. The number of aryl methyl sites for hydroxylation is 2. The van der Waals surface area contributed by atoms with Crippen molar-refractivity contribution in [1.82, 2.24) is 0 Å². The second-order valence-electron chi connectivity index (χ2n) is 5.17. The highest BCUT2D eigenvalue weighted by Gasteiger charge is 2.17. The SMILES string of the molecule is COc1cc(Cl)c(C)cc1NC(=O)C(=O)Nc1ccc(Br)cc1C. The van der Waals surface area contributed by atoms with Crippen LogP contribution in [0.25, 0.3) is 0 Å². The summed E-state index contributed by atoms with van der Waals surface area (Å²) in [4.78, 5) is 24.2. The third kappa shape index (κ3) is 4.27. The summed E-state index contributed by atoms with van der Waals surface area (Å²) in [6, 6.07) is 8.59. The molecule has 0 atom stereocenters. The van der Waals surface area contributed by atoms with Crippen LogP contribution in [0.4, 0.5) is 11.4 Å². The van der Waals surface area contributed by atoms with Crippen molar-refractivity contribution < 1.29 is 14.3 Å². The number of rotatable bonds is 3. The summed E-state index contributed by atoms with van der Waals surface area (Å²) in [6.07, 6.45) is 0. The molecule has 0 aliphatic heterocycles. The zero-order valence-corrected chi connectivity index (χ0v) is 15.7. The fourth-order valence-corrected chi connectivity index (χ4v) is 2.68. The van der Waals surface area contributed by atoms with Crippen molar-refractivity contribution in [2.75, 3.05) is 17.7 Å². The molecule has 7 heteroatoms. The Bertz CT molecular complexity index is 809. The van der Waals surface area contributed by atoms with Gasteiger partial charge in [0.1, 0.15) is 5.75 Å². The summed E-state index contributed by atoms with van der Waals surface area (Å²) in [6.45, 7) is 3.63. The van der Waals surface area contributed by atoms with Crippen LogP contribution in [0, 0.1) is 13.8 Å². The van der Waals surface area contributed by atoms with E-state index in [-0.39, 0.29) is 0 Å². The molecule has 126 valence electrons. The van der Waals surface area contributed by atoms with Gasteiger partial charge in [-0.2, -0.15) is 0 Å². The van der Waals surface area contributed by atoms with Gasteiger partial charge in [-0.1, -0.05) is 27.5 Å². The van der Waals surface area contributed by atoms with Crippen molar-refractivity contribution in [2.24, 2.45) is 0 Å². The Balaban J connectivity index is 2.15. The number of halogens is 2. The number of nitrogens with one attached hydrogen (secondary N) is 2. The number of carbonyl (C=O) groups is 2. The van der Waals surface area contributed by atoms with Crippen LogP contribution in [0.15, 0.2) is 34.8 Å². The Hall–Kier alpha value is -2.05. The predicted molar refractivity (Wildman–Crippen MR) is 98.9 cm³/mol. The van der Waals surface area contributed by atoms with Crippen LogP contribution in [-0.4, -0.2) is 18.9 Å². The first kappa shape index (κ1) is 18.3. The van der Waals surface area contributed by atoms with Crippen LogP contribution in [0.3, 0.4) is 0 Å². The van der Waals surface area contributed by atoms with E-state index in [1.165, 1.54) is 7.11 Å². The highest BCUT2D eigenvalue weighted by Crippen LogP contribution is 2.31. The maximum absolute atomic E-state index is 12.1. The number of amides is 2. The Morgan fingerprint density at radius 3 is 2.21 bits per heavy atom. The average Bonchev–Trinajstić information content (AvgIpc) is 2.53. The van der Waals surface area contributed by atoms with Gasteiger partial charge in [0.05, 0.1) is 12.8 Å². The second-order valence-corrected chi connectivity index (χ2v) is 6.49. The summed E-state index contributed by atoms with van der Waals surface area (Å²) in [5.41, 5.74) is 2.55. The maximum atomic E-state index is 12.1. The predicted octanol–water partition coefficient (Wildman–Crippen LogP) is 4.31. The minimum atomic E-state index is -0.794. The number of anilines is 2. The molecule has 2 aromatic rings. The van der Waals surface area contributed by atoms with E-state index in [2.05, 4.69) is 26.6 Å². The van der Waals surface area contributed by atoms with Gasteiger partial charge in [0.25, 0.3) is 0 Å². The van der Waals surface area contributed by atoms with Gasteiger partial charge >= 0.3 is 11.8 Å². The van der Waals surface area contributed by atoms with Crippen LogP contribution >= 0.6 is 27.5 Å². The largest absolute Gasteiger partial charge is 0.495 e. The van der Waals surface area contributed by atoms with Crippen LogP contribution < -0.4 is 15.4 Å². The Kier molecular flexibility index (Phi) is 5.85. The highest BCUT2D eigenvalue weighted by atomic mass is 79.9. The molecule has 2 rings (SSSR count). The highest BCUT2D eigenvalue weighted by molar-refractivity contribution is 9.10. The van der Waals surface area contributed by atoms with Gasteiger partial charge < -0.3 is 15.4 Å². The molecule has 0 aliphatic rings. The molecule has 0 aromatic heterocycles. The van der Waals surface area contributed by atoms with Crippen molar-refractivity contribution in [1.29, 1.82) is 0 Å². The van der Waals surface area contributed by atoms with Gasteiger partial charge in [0.15, 0.2) is 0 Å². The number of hydrogen-bond donors (Lipinski definition) is 2. The molecule has 0 saturated heterocycles. The molecule has 24 heavy (non-hydrogen) atoms. The minimum Gasteiger partial charge on any atom is -0.495 e. The number of benzene rings is 2. The molecular weight excluding hydrogens is 396 g/mol. The van der Waals surface area contributed by atoms with Gasteiger partial charge in [-0.25, -0.2) is 0 Å². The quantitative estimate of drug-likeness (QED) is 0.740. The van der Waals surface area contributed by atoms with Crippen molar-refractivity contribution in [3.63, 3.8) is 0 Å². The Labute approximate surface area is 153 Å². The van der Waals surface area contributed by atoms with Crippen molar-refractivity contribution in [2.45, 2.75) is 13.8 Å². The van der Waals surface area contributed by atoms with E-state index < -0.39 is 11.8 Å². The molecule has 5 nitrogen and oxygen atoms in total. The van der Waals surface area contributed by atoms with Gasteiger partial charge in [-0.15, -0.1) is 0 Å². The van der Waals surface area contributed by atoms with E-state index in [0.29, 0.717) is 22.1 Å². The molecule has 0 saturated carbocycles. The molecule has 0 heterocycles. The molecule has 0 fully saturated rings. The number of hydrogen-bond acceptors (Lipinski definition) is 3. The van der Waals surface area contributed by atoms with E-state index in [1.54, 1.807) is 31.2 Å². The van der Waals surface area contributed by atoms with Crippen LogP contribution in [0.5, 0.6) is 5.75 Å². The normalized spacial score (nSPS) is 10.2. The maximum Gasteiger partial charge on any atom is 0.314 e. The van der Waals surface area contributed by atoms with Crippen molar-refractivity contribution >= 4 is 50.7 Å². The molecule has 2 N–H and O–H groups in total. The van der Waals surface area contributed by atoms with Crippen molar-refractivity contribution in [3.8, 4) is 5.75 Å². The molecule has 0 aliphatic carbocycles. The summed E-state index contributed by atoms with van der Waals surface area (Å²) >= 11 is 9.37. The zero-order valence-electron chi connectivity index (χ0n) is 13.4. The lowest BCUT2D eigenvalue weighted by Crippen LogP contribution is -2.29.